The van der Waals surface area contributed by atoms with Crippen molar-refractivity contribution >= 4 is 68.6 Å². The molecule has 0 unspecified atom stereocenters. The summed E-state index contributed by atoms with van der Waals surface area (Å²) in [6.07, 6.45) is 11.2. The third-order valence-electron chi connectivity index (χ3n) is 10.7. The van der Waals surface area contributed by atoms with E-state index in [1.807, 2.05) is 0 Å². The molecule has 0 amide bonds. The van der Waals surface area contributed by atoms with Crippen molar-refractivity contribution in [2.45, 2.75) is 54.4 Å². The molecule has 7 aromatic rings. The zero-order valence-electron chi connectivity index (χ0n) is 34.0. The van der Waals surface area contributed by atoms with Gasteiger partial charge in [0.25, 0.3) is 0 Å². The minimum Gasteiger partial charge on any atom is -0.341 e. The largest absolute Gasteiger partial charge is 0.341 e. The average Bonchev–Trinajstić information content (AvgIpc) is 3.20. The Bertz CT molecular complexity index is 2240. The molecule has 282 valence electrons. The Morgan fingerprint density at radius 1 is 0.357 bits per heavy atom. The van der Waals surface area contributed by atoms with Crippen molar-refractivity contribution in [1.82, 2.24) is 0 Å². The Morgan fingerprint density at radius 2 is 0.661 bits per heavy atom. The van der Waals surface area contributed by atoms with Crippen LogP contribution in [0.4, 0.5) is 22.7 Å². The van der Waals surface area contributed by atoms with Crippen molar-refractivity contribution in [1.29, 1.82) is 0 Å². The second-order valence-corrected chi connectivity index (χ2v) is 16.3. The number of nitrogens with zero attached hydrogens (tertiary/aromatic N) is 2. The van der Waals surface area contributed by atoms with Crippen molar-refractivity contribution in [3.05, 3.63) is 179 Å². The topological polar surface area (TPSA) is 6.48 Å². The van der Waals surface area contributed by atoms with E-state index in [9.17, 15) is 0 Å². The summed E-state index contributed by atoms with van der Waals surface area (Å²) in [5, 5.41) is 5.02. The van der Waals surface area contributed by atoms with Crippen LogP contribution in [0, 0.1) is 25.7 Å². The molecule has 0 saturated carbocycles. The number of benzene rings is 7. The minimum atomic E-state index is 0.654. The lowest BCUT2D eigenvalue weighted by molar-refractivity contribution is 0.591. The lowest BCUT2D eigenvalue weighted by atomic mass is 9.99. The van der Waals surface area contributed by atoms with E-state index in [0.29, 0.717) is 11.8 Å². The van der Waals surface area contributed by atoms with Gasteiger partial charge in [-0.2, -0.15) is 0 Å². The lowest BCUT2D eigenvalue weighted by Gasteiger charge is -2.26. The first kappa shape index (κ1) is 38.4. The van der Waals surface area contributed by atoms with Crippen LogP contribution in [0.25, 0.3) is 45.8 Å². The van der Waals surface area contributed by atoms with E-state index in [2.05, 4.69) is 221 Å². The predicted octanol–water partition coefficient (Wildman–Crippen LogP) is 15.3. The zero-order valence-corrected chi connectivity index (χ0v) is 34.0. The van der Waals surface area contributed by atoms with Crippen LogP contribution in [-0.4, -0.2) is 13.1 Å². The monoisotopic (exact) mass is 732 g/mol. The van der Waals surface area contributed by atoms with E-state index in [1.54, 1.807) is 0 Å². The SMILES string of the molecule is Cc1ccc(N(CCC(C)C)c2ccc(/C=C/c3ccc4cc5cc(/C=C/c6ccc(N(CCC(C)C)c7ccc(C)cc7)cc6)ccc5cc4c3)cc2)cc1. The second-order valence-electron chi connectivity index (χ2n) is 16.3. The van der Waals surface area contributed by atoms with Gasteiger partial charge in [-0.3, -0.25) is 0 Å². The standard InChI is InChI=1S/C54H56N2/c1-39(2)31-33-55(51-23-7-41(5)8-24-51)53-27-17-43(18-28-53)11-13-45-15-21-47-38-50-36-46(16-22-48(50)37-49(47)35-45)14-12-44-19-29-54(30-20-44)56(34-32-40(3)4)52-25-9-42(6)10-26-52/h7-30,35-40H,31-34H2,1-6H3/b13-11+,14-12+. The van der Waals surface area contributed by atoms with E-state index in [-0.39, 0.29) is 0 Å². The molecule has 56 heavy (non-hydrogen) atoms. The maximum absolute atomic E-state index is 2.44. The van der Waals surface area contributed by atoms with Gasteiger partial charge in [-0.05, 0) is 155 Å². The molecule has 0 aliphatic carbocycles. The molecule has 0 aliphatic rings. The Balaban J connectivity index is 1.03. The van der Waals surface area contributed by atoms with Gasteiger partial charge < -0.3 is 9.80 Å². The van der Waals surface area contributed by atoms with Crippen LogP contribution in [-0.2, 0) is 0 Å². The first-order valence-electron chi connectivity index (χ1n) is 20.4. The first-order chi connectivity index (χ1) is 27.2. The van der Waals surface area contributed by atoms with Gasteiger partial charge in [0, 0.05) is 35.8 Å². The van der Waals surface area contributed by atoms with E-state index in [4.69, 9.17) is 0 Å². The molecule has 2 heteroatoms. The highest BCUT2D eigenvalue weighted by atomic mass is 15.1. The summed E-state index contributed by atoms with van der Waals surface area (Å²) in [7, 11) is 0. The molecule has 7 aromatic carbocycles. The molecule has 0 N–H and O–H groups in total. The molecular weight excluding hydrogens is 677 g/mol. The lowest BCUT2D eigenvalue weighted by Crippen LogP contribution is -2.19. The van der Waals surface area contributed by atoms with Crippen LogP contribution in [0.15, 0.2) is 146 Å². The molecule has 0 fully saturated rings. The maximum Gasteiger partial charge on any atom is 0.0411 e. The van der Waals surface area contributed by atoms with Crippen molar-refractivity contribution in [2.75, 3.05) is 22.9 Å². The molecule has 7 rings (SSSR count). The summed E-state index contributed by atoms with van der Waals surface area (Å²) in [6.45, 7) is 15.5. The van der Waals surface area contributed by atoms with Crippen molar-refractivity contribution < 1.29 is 0 Å². The Morgan fingerprint density at radius 3 is 1.00 bits per heavy atom. The molecule has 0 saturated heterocycles. The van der Waals surface area contributed by atoms with E-state index < -0.39 is 0 Å². The number of anilines is 4. The van der Waals surface area contributed by atoms with E-state index in [1.165, 1.54) is 77.7 Å². The fourth-order valence-corrected chi connectivity index (χ4v) is 7.20. The minimum absolute atomic E-state index is 0.654. The van der Waals surface area contributed by atoms with Crippen LogP contribution in [0.1, 0.15) is 73.9 Å². The Hall–Kier alpha value is -5.86. The highest BCUT2D eigenvalue weighted by molar-refractivity contribution is 6.00. The summed E-state index contributed by atoms with van der Waals surface area (Å²) in [5.74, 6) is 1.31. The fourth-order valence-electron chi connectivity index (χ4n) is 7.20. The zero-order chi connectivity index (χ0) is 39.0. The second kappa shape index (κ2) is 17.7. The van der Waals surface area contributed by atoms with Crippen LogP contribution in [0.2, 0.25) is 0 Å². The number of rotatable bonds is 14. The normalized spacial score (nSPS) is 11.9. The number of hydrogen-bond donors (Lipinski definition) is 0. The molecule has 0 bridgehead atoms. The van der Waals surface area contributed by atoms with Gasteiger partial charge in [0.2, 0.25) is 0 Å². The highest BCUT2D eigenvalue weighted by Gasteiger charge is 2.12. The van der Waals surface area contributed by atoms with E-state index >= 15 is 0 Å². The van der Waals surface area contributed by atoms with Crippen molar-refractivity contribution in [2.24, 2.45) is 11.8 Å². The van der Waals surface area contributed by atoms with Crippen molar-refractivity contribution in [3.63, 3.8) is 0 Å². The van der Waals surface area contributed by atoms with Gasteiger partial charge in [-0.15, -0.1) is 0 Å². The molecule has 0 atom stereocenters. The van der Waals surface area contributed by atoms with Gasteiger partial charge >= 0.3 is 0 Å². The Labute approximate surface area is 335 Å². The van der Waals surface area contributed by atoms with Crippen LogP contribution >= 0.6 is 0 Å². The number of aryl methyl sites for hydroxylation is 2. The summed E-state index contributed by atoms with van der Waals surface area (Å²) in [6, 6.07) is 53.8. The third kappa shape index (κ3) is 9.86. The third-order valence-corrected chi connectivity index (χ3v) is 10.7. The fraction of sp³-hybridized carbons (Fsp3) is 0.222. The summed E-state index contributed by atoms with van der Waals surface area (Å²) in [5.41, 5.74) is 12.3. The smallest absolute Gasteiger partial charge is 0.0411 e. The summed E-state index contributed by atoms with van der Waals surface area (Å²) in [4.78, 5) is 4.88. The van der Waals surface area contributed by atoms with Gasteiger partial charge in [0.1, 0.15) is 0 Å². The first-order valence-corrected chi connectivity index (χ1v) is 20.4. The summed E-state index contributed by atoms with van der Waals surface area (Å²) < 4.78 is 0. The van der Waals surface area contributed by atoms with Crippen molar-refractivity contribution in [3.8, 4) is 0 Å². The number of hydrogen-bond acceptors (Lipinski definition) is 2. The Kier molecular flexibility index (Phi) is 12.2. The van der Waals surface area contributed by atoms with Gasteiger partial charge in [0.15, 0.2) is 0 Å². The molecule has 0 aromatic heterocycles. The van der Waals surface area contributed by atoms with Crippen LogP contribution in [0.3, 0.4) is 0 Å². The quantitative estimate of drug-likeness (QED) is 0.0811. The van der Waals surface area contributed by atoms with Crippen LogP contribution < -0.4 is 9.80 Å². The average molecular weight is 733 g/mol. The molecule has 0 radical (unpaired) electrons. The molecule has 0 aliphatic heterocycles. The van der Waals surface area contributed by atoms with E-state index in [0.717, 1.165) is 25.9 Å². The van der Waals surface area contributed by atoms with Gasteiger partial charge in [-0.25, -0.2) is 0 Å². The van der Waals surface area contributed by atoms with Gasteiger partial charge in [0.05, 0.1) is 0 Å². The predicted molar refractivity (Wildman–Crippen MR) is 247 cm³/mol. The molecule has 0 spiro atoms. The van der Waals surface area contributed by atoms with Crippen LogP contribution in [0.5, 0.6) is 0 Å². The summed E-state index contributed by atoms with van der Waals surface area (Å²) >= 11 is 0. The van der Waals surface area contributed by atoms with Gasteiger partial charge in [-0.1, -0.05) is 136 Å². The highest BCUT2D eigenvalue weighted by Crippen LogP contribution is 2.30. The maximum atomic E-state index is 2.44. The molecule has 0 heterocycles. The molecular formula is C54H56N2. The number of fused-ring (bicyclic) bond motifs is 2. The molecule has 2 nitrogen and oxygen atoms in total.